The largest absolute Gasteiger partial charge is 0.398 e. The molecule has 2 amide bonds. The molecule has 1 atom stereocenters. The van der Waals surface area contributed by atoms with Gasteiger partial charge < -0.3 is 20.9 Å². The number of nitrogens with zero attached hydrogens (tertiary/aromatic N) is 2. The Morgan fingerprint density at radius 2 is 2.04 bits per heavy atom. The predicted molar refractivity (Wildman–Crippen MR) is 95.8 cm³/mol. The molecule has 1 heterocycles. The Bertz CT molecular complexity index is 570. The molecule has 3 N–H and O–H groups in total. The molecule has 0 aromatic heterocycles. The first-order chi connectivity index (χ1) is 10.8. The van der Waals surface area contributed by atoms with Gasteiger partial charge in [-0.15, -0.1) is 0 Å². The number of urea groups is 1. The van der Waals surface area contributed by atoms with Crippen molar-refractivity contribution in [3.05, 3.63) is 28.3 Å². The van der Waals surface area contributed by atoms with E-state index in [0.717, 1.165) is 37.1 Å². The highest BCUT2D eigenvalue weighted by atomic mass is 35.5. The fourth-order valence-corrected chi connectivity index (χ4v) is 3.28. The smallest absolute Gasteiger partial charge is 0.317 e. The summed E-state index contributed by atoms with van der Waals surface area (Å²) in [5.41, 5.74) is 8.29. The van der Waals surface area contributed by atoms with Gasteiger partial charge in [-0.2, -0.15) is 0 Å². The van der Waals surface area contributed by atoms with Crippen LogP contribution in [0.2, 0.25) is 5.02 Å². The van der Waals surface area contributed by atoms with Crippen molar-refractivity contribution in [1.29, 1.82) is 0 Å². The third-order valence-corrected chi connectivity index (χ3v) is 5.32. The molecule has 5 nitrogen and oxygen atoms in total. The molecule has 1 unspecified atom stereocenters. The summed E-state index contributed by atoms with van der Waals surface area (Å²) in [7, 11) is 3.99. The van der Waals surface area contributed by atoms with Gasteiger partial charge in [0.05, 0.1) is 16.8 Å². The lowest BCUT2D eigenvalue weighted by atomic mass is 10.0. The lowest BCUT2D eigenvalue weighted by Crippen LogP contribution is -2.48. The van der Waals surface area contributed by atoms with Crippen molar-refractivity contribution in [2.45, 2.75) is 38.8 Å². The third kappa shape index (κ3) is 4.09. The van der Waals surface area contributed by atoms with Crippen molar-refractivity contribution in [3.8, 4) is 0 Å². The maximum absolute atomic E-state index is 12.5. The first-order valence-corrected chi connectivity index (χ1v) is 8.45. The van der Waals surface area contributed by atoms with E-state index in [1.54, 1.807) is 6.07 Å². The van der Waals surface area contributed by atoms with Gasteiger partial charge in [-0.1, -0.05) is 17.7 Å². The minimum absolute atomic E-state index is 0.0422. The first kappa shape index (κ1) is 17.9. The van der Waals surface area contributed by atoms with E-state index in [4.69, 9.17) is 17.3 Å². The van der Waals surface area contributed by atoms with Crippen LogP contribution in [0.15, 0.2) is 12.1 Å². The summed E-state index contributed by atoms with van der Waals surface area (Å²) in [6.45, 7) is 5.96. The average molecular weight is 339 g/mol. The van der Waals surface area contributed by atoms with Crippen molar-refractivity contribution < 1.29 is 4.79 Å². The van der Waals surface area contributed by atoms with E-state index in [0.29, 0.717) is 16.8 Å². The topological polar surface area (TPSA) is 61.6 Å². The normalized spacial score (nSPS) is 17.8. The molecule has 0 aliphatic carbocycles. The molecule has 2 rings (SSSR count). The number of nitrogen functional groups attached to an aromatic ring is 1. The van der Waals surface area contributed by atoms with E-state index >= 15 is 0 Å². The van der Waals surface area contributed by atoms with Gasteiger partial charge >= 0.3 is 6.03 Å². The quantitative estimate of drug-likeness (QED) is 0.833. The van der Waals surface area contributed by atoms with Gasteiger partial charge in [0.25, 0.3) is 0 Å². The van der Waals surface area contributed by atoms with Gasteiger partial charge in [0.1, 0.15) is 0 Å². The number of hydrogen-bond acceptors (Lipinski definition) is 3. The van der Waals surface area contributed by atoms with E-state index in [1.165, 1.54) is 0 Å². The lowest BCUT2D eigenvalue weighted by molar-refractivity contribution is 0.146. The van der Waals surface area contributed by atoms with Gasteiger partial charge in [-0.25, -0.2) is 4.79 Å². The van der Waals surface area contributed by atoms with Crippen LogP contribution in [-0.4, -0.2) is 49.1 Å². The van der Waals surface area contributed by atoms with Crippen molar-refractivity contribution in [1.82, 2.24) is 15.1 Å². The second-order valence-corrected chi connectivity index (χ2v) is 6.88. The summed E-state index contributed by atoms with van der Waals surface area (Å²) in [4.78, 5) is 16.6. The fourth-order valence-electron chi connectivity index (χ4n) is 3.10. The molecule has 0 saturated carbocycles. The Morgan fingerprint density at radius 1 is 1.43 bits per heavy atom. The number of nitrogens with two attached hydrogens (primary N) is 1. The number of amides is 2. The van der Waals surface area contributed by atoms with Gasteiger partial charge in [0, 0.05) is 13.1 Å². The summed E-state index contributed by atoms with van der Waals surface area (Å²) in [6, 6.07) is 3.86. The van der Waals surface area contributed by atoms with E-state index in [1.807, 2.05) is 31.9 Å². The predicted octanol–water partition coefficient (Wildman–Crippen LogP) is 3.03. The standard InChI is InChI=1S/C17H27ClN4O/c1-11-14(5-6-15(19)16(11)18)12(2)20-17(23)22(4)13-7-9-21(3)10-8-13/h5-6,12-13H,7-10,19H2,1-4H3,(H,20,23). The highest BCUT2D eigenvalue weighted by Crippen LogP contribution is 2.29. The third-order valence-electron chi connectivity index (χ3n) is 4.82. The molecule has 6 heteroatoms. The molecule has 1 aliphatic rings. The number of hydrogen-bond donors (Lipinski definition) is 2. The highest BCUT2D eigenvalue weighted by Gasteiger charge is 2.25. The summed E-state index contributed by atoms with van der Waals surface area (Å²) in [5.74, 6) is 0. The number of carbonyl (C=O) groups is 1. The zero-order valence-corrected chi connectivity index (χ0v) is 15.2. The number of nitrogens with one attached hydrogen (secondary N) is 1. The van der Waals surface area contributed by atoms with Crippen LogP contribution in [0.1, 0.15) is 36.9 Å². The summed E-state index contributed by atoms with van der Waals surface area (Å²) in [5, 5.41) is 3.63. The first-order valence-electron chi connectivity index (χ1n) is 8.07. The number of halogens is 1. The Hall–Kier alpha value is -1.46. The minimum Gasteiger partial charge on any atom is -0.398 e. The Morgan fingerprint density at radius 3 is 2.65 bits per heavy atom. The molecule has 23 heavy (non-hydrogen) atoms. The number of anilines is 1. The Labute approximate surface area is 143 Å². The summed E-state index contributed by atoms with van der Waals surface area (Å²) in [6.07, 6.45) is 2.03. The Kier molecular flexibility index (Phi) is 5.76. The van der Waals surface area contributed by atoms with Crippen molar-refractivity contribution in [3.63, 3.8) is 0 Å². The zero-order valence-electron chi connectivity index (χ0n) is 14.4. The van der Waals surface area contributed by atoms with Crippen molar-refractivity contribution in [2.24, 2.45) is 0 Å². The number of rotatable bonds is 3. The van der Waals surface area contributed by atoms with Crippen LogP contribution < -0.4 is 11.1 Å². The number of carbonyl (C=O) groups excluding carboxylic acids is 1. The van der Waals surface area contributed by atoms with Gasteiger partial charge in [0.2, 0.25) is 0 Å². The van der Waals surface area contributed by atoms with Crippen LogP contribution in [-0.2, 0) is 0 Å². The van der Waals surface area contributed by atoms with Gasteiger partial charge in [-0.3, -0.25) is 0 Å². The molecule has 0 radical (unpaired) electrons. The van der Waals surface area contributed by atoms with Crippen LogP contribution in [0.3, 0.4) is 0 Å². The second-order valence-electron chi connectivity index (χ2n) is 6.50. The Balaban J connectivity index is 2.01. The fraction of sp³-hybridized carbons (Fsp3) is 0.588. The molecule has 1 aliphatic heterocycles. The maximum atomic E-state index is 12.5. The van der Waals surface area contributed by atoms with E-state index < -0.39 is 0 Å². The van der Waals surface area contributed by atoms with Crippen molar-refractivity contribution in [2.75, 3.05) is 32.9 Å². The number of piperidine rings is 1. The van der Waals surface area contributed by atoms with Gasteiger partial charge in [0.15, 0.2) is 0 Å². The van der Waals surface area contributed by atoms with E-state index in [-0.39, 0.29) is 12.1 Å². The molecule has 1 aromatic rings. The lowest BCUT2D eigenvalue weighted by Gasteiger charge is -2.35. The monoisotopic (exact) mass is 338 g/mol. The average Bonchev–Trinajstić information content (AvgIpc) is 2.52. The number of likely N-dealkylation sites (tertiary alicyclic amines) is 1. The number of benzene rings is 1. The van der Waals surface area contributed by atoms with Crippen LogP contribution in [0.5, 0.6) is 0 Å². The van der Waals surface area contributed by atoms with Crippen LogP contribution in [0.25, 0.3) is 0 Å². The van der Waals surface area contributed by atoms with Crippen molar-refractivity contribution >= 4 is 23.3 Å². The summed E-state index contributed by atoms with van der Waals surface area (Å²) < 4.78 is 0. The SMILES string of the molecule is Cc1c(C(C)NC(=O)N(C)C2CCN(C)CC2)ccc(N)c1Cl. The molecule has 1 saturated heterocycles. The van der Waals surface area contributed by atoms with Crippen LogP contribution in [0.4, 0.5) is 10.5 Å². The molecule has 1 fully saturated rings. The molecular formula is C17H27ClN4O. The molecular weight excluding hydrogens is 312 g/mol. The highest BCUT2D eigenvalue weighted by molar-refractivity contribution is 6.33. The maximum Gasteiger partial charge on any atom is 0.317 e. The molecule has 0 spiro atoms. The molecule has 128 valence electrons. The second kappa shape index (κ2) is 7.41. The van der Waals surface area contributed by atoms with Crippen LogP contribution >= 0.6 is 11.6 Å². The molecule has 1 aromatic carbocycles. The van der Waals surface area contributed by atoms with E-state index in [2.05, 4.69) is 17.3 Å². The zero-order chi connectivity index (χ0) is 17.1. The van der Waals surface area contributed by atoms with E-state index in [9.17, 15) is 4.79 Å². The van der Waals surface area contributed by atoms with Gasteiger partial charge in [-0.05, 0) is 64.0 Å². The summed E-state index contributed by atoms with van der Waals surface area (Å²) >= 11 is 6.21. The minimum atomic E-state index is -0.116. The van der Waals surface area contributed by atoms with Crippen LogP contribution in [0, 0.1) is 6.92 Å². The molecule has 0 bridgehead atoms.